The summed E-state index contributed by atoms with van der Waals surface area (Å²) in [5.41, 5.74) is -13.4. The fourth-order valence-electron chi connectivity index (χ4n) is 4.19. The molecule has 0 fully saturated rings. The molecule has 49 heavy (non-hydrogen) atoms. The first-order valence-corrected chi connectivity index (χ1v) is 13.5. The summed E-state index contributed by atoms with van der Waals surface area (Å²) in [5, 5.41) is 19.0. The first kappa shape index (κ1) is 39.5. The Bertz CT molecular complexity index is 1570. The van der Waals surface area contributed by atoms with E-state index in [1.54, 1.807) is 0 Å². The number of esters is 4. The second-order valence-electron chi connectivity index (χ2n) is 9.98. The Morgan fingerprint density at radius 1 is 0.571 bits per heavy atom. The molecule has 2 rings (SSSR count). The van der Waals surface area contributed by atoms with Gasteiger partial charge in [-0.15, -0.1) is 0 Å². The first-order chi connectivity index (χ1) is 22.6. The molecule has 0 saturated carbocycles. The molecule has 2 aromatic rings. The van der Waals surface area contributed by atoms with Crippen LogP contribution >= 0.6 is 0 Å². The molecule has 12 nitrogen and oxygen atoms in total. The van der Waals surface area contributed by atoms with Gasteiger partial charge < -0.3 is 29.2 Å². The summed E-state index contributed by atoms with van der Waals surface area (Å²) in [5.74, 6) is -9.15. The van der Waals surface area contributed by atoms with Crippen LogP contribution in [-0.2, 0) is 34.0 Å². The molecule has 0 heterocycles. The van der Waals surface area contributed by atoms with Crippen LogP contribution in [0.3, 0.4) is 0 Å². The van der Waals surface area contributed by atoms with Crippen LogP contribution in [0.5, 0.6) is 0 Å². The van der Waals surface area contributed by atoms with E-state index in [9.17, 15) is 65.3 Å². The van der Waals surface area contributed by atoms with Crippen molar-refractivity contribution >= 4 is 35.8 Å². The minimum absolute atomic E-state index is 0.0221. The molecule has 2 aromatic carbocycles. The number of hydrogen-bond acceptors (Lipinski definition) is 10. The Morgan fingerprint density at radius 2 is 0.878 bits per heavy atom. The third-order valence-corrected chi connectivity index (χ3v) is 6.45. The SMILES string of the molecule is C=C(C)C(=O)OCCOC(=O)c1cc(C(c2ccc(C(=O)O)c(C(=O)OCCOC(=O)C(=C)C)c2)(C(F)(F)F)C(F)(F)F)ccc1C(=O)O. The van der Waals surface area contributed by atoms with Gasteiger partial charge in [-0.1, -0.05) is 25.3 Å². The highest BCUT2D eigenvalue weighted by Crippen LogP contribution is 2.56. The van der Waals surface area contributed by atoms with Crippen molar-refractivity contribution in [3.05, 3.63) is 94.1 Å². The number of hydrogen-bond donors (Lipinski definition) is 2. The number of ether oxygens (including phenoxy) is 4. The smallest absolute Gasteiger partial charge is 0.411 e. The van der Waals surface area contributed by atoms with Gasteiger partial charge in [-0.25, -0.2) is 28.8 Å². The van der Waals surface area contributed by atoms with Crippen molar-refractivity contribution in [2.75, 3.05) is 26.4 Å². The van der Waals surface area contributed by atoms with Gasteiger partial charge in [0.05, 0.1) is 22.3 Å². The number of alkyl halides is 6. The van der Waals surface area contributed by atoms with E-state index in [4.69, 9.17) is 9.47 Å². The predicted octanol–water partition coefficient (Wildman–Crippen LogP) is 5.05. The summed E-state index contributed by atoms with van der Waals surface area (Å²) in [6, 6.07) is 0.796. The van der Waals surface area contributed by atoms with Crippen LogP contribution in [0, 0.1) is 0 Å². The maximum Gasteiger partial charge on any atom is 0.411 e. The number of aromatic carboxylic acids is 2. The first-order valence-electron chi connectivity index (χ1n) is 13.5. The third kappa shape index (κ3) is 8.82. The Labute approximate surface area is 272 Å². The highest BCUT2D eigenvalue weighted by atomic mass is 19.4. The van der Waals surface area contributed by atoms with Crippen LogP contribution in [-0.4, -0.2) is 84.8 Å². The summed E-state index contributed by atoms with van der Waals surface area (Å²) in [6.45, 7) is 6.28. The van der Waals surface area contributed by atoms with E-state index >= 15 is 0 Å². The molecule has 0 radical (unpaired) electrons. The van der Waals surface area contributed by atoms with Crippen LogP contribution < -0.4 is 0 Å². The van der Waals surface area contributed by atoms with Gasteiger partial charge in [0.2, 0.25) is 5.41 Å². The van der Waals surface area contributed by atoms with Crippen molar-refractivity contribution in [3.63, 3.8) is 0 Å². The molecule has 264 valence electrons. The van der Waals surface area contributed by atoms with Gasteiger partial charge in [0.25, 0.3) is 0 Å². The monoisotopic (exact) mass is 704 g/mol. The van der Waals surface area contributed by atoms with Gasteiger partial charge in [-0.2, -0.15) is 26.3 Å². The fourth-order valence-corrected chi connectivity index (χ4v) is 4.19. The van der Waals surface area contributed by atoms with Crippen molar-refractivity contribution < 1.29 is 84.3 Å². The molecule has 0 aliphatic heterocycles. The van der Waals surface area contributed by atoms with Gasteiger partial charge in [-0.3, -0.25) is 0 Å². The Kier molecular flexibility index (Phi) is 12.5. The van der Waals surface area contributed by atoms with Crippen LogP contribution in [0.1, 0.15) is 66.4 Å². The predicted molar refractivity (Wildman–Crippen MR) is 152 cm³/mol. The summed E-state index contributed by atoms with van der Waals surface area (Å²) < 4.78 is 108. The van der Waals surface area contributed by atoms with Crippen LogP contribution in [0.25, 0.3) is 0 Å². The number of carbonyl (C=O) groups excluding carboxylic acids is 4. The van der Waals surface area contributed by atoms with E-state index in [0.717, 1.165) is 0 Å². The number of halogens is 6. The van der Waals surface area contributed by atoms with Crippen molar-refractivity contribution in [1.82, 2.24) is 0 Å². The van der Waals surface area contributed by atoms with Gasteiger partial charge in [0.15, 0.2) is 0 Å². The lowest BCUT2D eigenvalue weighted by Gasteiger charge is -2.38. The Morgan fingerprint density at radius 3 is 1.14 bits per heavy atom. The van der Waals surface area contributed by atoms with E-state index in [-0.39, 0.29) is 47.5 Å². The van der Waals surface area contributed by atoms with E-state index in [0.29, 0.717) is 0 Å². The van der Waals surface area contributed by atoms with Gasteiger partial charge >= 0.3 is 48.2 Å². The van der Waals surface area contributed by atoms with Crippen LogP contribution in [0.2, 0.25) is 0 Å². The van der Waals surface area contributed by atoms with Crippen LogP contribution in [0.4, 0.5) is 26.3 Å². The lowest BCUT2D eigenvalue weighted by Crippen LogP contribution is -2.55. The number of rotatable bonds is 14. The summed E-state index contributed by atoms with van der Waals surface area (Å²) >= 11 is 0. The molecule has 0 saturated heterocycles. The van der Waals surface area contributed by atoms with E-state index in [1.165, 1.54) is 13.8 Å². The molecular weight excluding hydrogens is 678 g/mol. The van der Waals surface area contributed by atoms with Crippen LogP contribution in [0.15, 0.2) is 60.7 Å². The molecule has 0 bridgehead atoms. The van der Waals surface area contributed by atoms with Gasteiger partial charge in [0, 0.05) is 11.1 Å². The second-order valence-corrected chi connectivity index (χ2v) is 9.98. The number of benzene rings is 2. The van der Waals surface area contributed by atoms with Gasteiger partial charge in [0.1, 0.15) is 26.4 Å². The average molecular weight is 705 g/mol. The molecule has 0 spiro atoms. The normalized spacial score (nSPS) is 11.6. The lowest BCUT2D eigenvalue weighted by molar-refractivity contribution is -0.288. The molecule has 0 amide bonds. The quantitative estimate of drug-likeness (QED) is 0.0881. The molecule has 0 aromatic heterocycles. The number of carbonyl (C=O) groups is 6. The maximum absolute atomic E-state index is 14.9. The second kappa shape index (κ2) is 15.5. The Balaban J connectivity index is 2.75. The topological polar surface area (TPSA) is 180 Å². The van der Waals surface area contributed by atoms with E-state index in [1.807, 2.05) is 0 Å². The van der Waals surface area contributed by atoms with Crippen molar-refractivity contribution in [1.29, 1.82) is 0 Å². The minimum Gasteiger partial charge on any atom is -0.478 e. The molecule has 2 N–H and O–H groups in total. The highest BCUT2D eigenvalue weighted by molar-refractivity contribution is 6.03. The molecule has 18 heteroatoms. The average Bonchev–Trinajstić information content (AvgIpc) is 2.99. The zero-order valence-corrected chi connectivity index (χ0v) is 25.5. The number of carboxylic acid groups (broad SMARTS) is 2. The fraction of sp³-hybridized carbons (Fsp3) is 0.290. The zero-order valence-electron chi connectivity index (χ0n) is 25.5. The largest absolute Gasteiger partial charge is 0.478 e. The molecule has 0 aliphatic rings. The lowest BCUT2D eigenvalue weighted by atomic mass is 9.71. The highest BCUT2D eigenvalue weighted by Gasteiger charge is 2.72. The summed E-state index contributed by atoms with van der Waals surface area (Å²) in [7, 11) is 0. The van der Waals surface area contributed by atoms with E-state index in [2.05, 4.69) is 22.6 Å². The summed E-state index contributed by atoms with van der Waals surface area (Å²) in [6.07, 6.45) is -12.7. The minimum atomic E-state index is -6.35. The summed E-state index contributed by atoms with van der Waals surface area (Å²) in [4.78, 5) is 72.0. The Hall–Kier alpha value is -5.68. The maximum atomic E-state index is 14.9. The van der Waals surface area contributed by atoms with Gasteiger partial charge in [-0.05, 0) is 49.2 Å². The number of carboxylic acids is 2. The van der Waals surface area contributed by atoms with Crippen molar-refractivity contribution in [2.45, 2.75) is 31.6 Å². The molecule has 0 aliphatic carbocycles. The van der Waals surface area contributed by atoms with Crippen molar-refractivity contribution in [3.8, 4) is 0 Å². The third-order valence-electron chi connectivity index (χ3n) is 6.45. The van der Waals surface area contributed by atoms with Crippen molar-refractivity contribution in [2.24, 2.45) is 0 Å². The molecule has 0 atom stereocenters. The zero-order chi connectivity index (χ0) is 37.5. The van der Waals surface area contributed by atoms with E-state index < -0.39 is 113 Å². The standard InChI is InChI=1S/C31H26F6O12/c1-15(2)25(42)46-9-11-48-27(44)21-13-17(5-7-19(21)23(38)39)29(30(32,33)34,31(35,36)37)18-6-8-20(24(40)41)22(14-18)28(45)49-12-10-47-26(43)16(3)4/h5-8,13-14H,1,3,9-12H2,2,4H3,(H,38,39)(H,40,41). The molecular formula is C31H26F6O12. The molecule has 0 unspecified atom stereocenters.